The molecule has 1 aromatic heterocycles. The molecule has 0 aliphatic heterocycles. The van der Waals surface area contributed by atoms with Gasteiger partial charge in [-0.1, -0.05) is 12.8 Å². The number of rotatable bonds is 5. The van der Waals surface area contributed by atoms with Crippen molar-refractivity contribution in [2.24, 2.45) is 5.41 Å². The Kier molecular flexibility index (Phi) is 3.87. The smallest absolute Gasteiger partial charge is 0.311 e. The van der Waals surface area contributed by atoms with Crippen LogP contribution in [-0.2, 0) is 4.79 Å². The number of aromatic nitrogens is 1. The Balaban J connectivity index is 2.12. The molecule has 0 saturated heterocycles. The fraction of sp³-hybridized carbons (Fsp3) is 0.538. The van der Waals surface area contributed by atoms with Crippen molar-refractivity contribution in [3.8, 4) is 0 Å². The second-order valence-corrected chi connectivity index (χ2v) is 5.26. The summed E-state index contributed by atoms with van der Waals surface area (Å²) in [5.74, 6) is -0.473. The van der Waals surface area contributed by atoms with Crippen LogP contribution in [0.15, 0.2) is 12.3 Å². The lowest BCUT2D eigenvalue weighted by molar-refractivity contribution is -0.385. The Hall–Kier alpha value is -2.18. The van der Waals surface area contributed by atoms with Crippen molar-refractivity contribution in [1.82, 2.24) is 4.98 Å². The van der Waals surface area contributed by atoms with Crippen molar-refractivity contribution in [3.63, 3.8) is 0 Å². The van der Waals surface area contributed by atoms with Crippen molar-refractivity contribution in [2.45, 2.75) is 32.6 Å². The first-order valence-electron chi connectivity index (χ1n) is 6.53. The average molecular weight is 279 g/mol. The lowest BCUT2D eigenvalue weighted by atomic mass is 9.86. The number of nitrogens with one attached hydrogen (secondary N) is 1. The van der Waals surface area contributed by atoms with Gasteiger partial charge in [0.2, 0.25) is 0 Å². The Morgan fingerprint density at radius 1 is 1.55 bits per heavy atom. The third-order valence-corrected chi connectivity index (χ3v) is 3.89. The Morgan fingerprint density at radius 2 is 2.20 bits per heavy atom. The fourth-order valence-corrected chi connectivity index (χ4v) is 2.58. The van der Waals surface area contributed by atoms with Crippen LogP contribution in [0.5, 0.6) is 0 Å². The molecule has 0 unspecified atom stereocenters. The second kappa shape index (κ2) is 5.44. The maximum absolute atomic E-state index is 11.4. The van der Waals surface area contributed by atoms with Gasteiger partial charge in [-0.05, 0) is 19.8 Å². The van der Waals surface area contributed by atoms with Crippen LogP contribution in [0.3, 0.4) is 0 Å². The molecule has 0 amide bonds. The van der Waals surface area contributed by atoms with E-state index < -0.39 is 16.3 Å². The lowest BCUT2D eigenvalue weighted by Gasteiger charge is -2.24. The van der Waals surface area contributed by atoms with Crippen LogP contribution >= 0.6 is 0 Å². The highest BCUT2D eigenvalue weighted by molar-refractivity contribution is 5.76. The van der Waals surface area contributed by atoms with Gasteiger partial charge in [0.25, 0.3) is 5.69 Å². The number of carboxylic acid groups (broad SMARTS) is 1. The molecule has 1 aliphatic rings. The predicted molar refractivity (Wildman–Crippen MR) is 72.7 cm³/mol. The zero-order valence-corrected chi connectivity index (χ0v) is 11.3. The van der Waals surface area contributed by atoms with Gasteiger partial charge in [0.05, 0.1) is 16.4 Å². The van der Waals surface area contributed by atoms with Gasteiger partial charge in [-0.3, -0.25) is 14.9 Å². The monoisotopic (exact) mass is 279 g/mol. The topological polar surface area (TPSA) is 105 Å². The van der Waals surface area contributed by atoms with Gasteiger partial charge in [0.15, 0.2) is 0 Å². The summed E-state index contributed by atoms with van der Waals surface area (Å²) >= 11 is 0. The highest BCUT2D eigenvalue weighted by Crippen LogP contribution is 2.38. The summed E-state index contributed by atoms with van der Waals surface area (Å²) in [6, 6.07) is 1.35. The van der Waals surface area contributed by atoms with Gasteiger partial charge in [-0.25, -0.2) is 4.98 Å². The first-order valence-corrected chi connectivity index (χ1v) is 6.53. The van der Waals surface area contributed by atoms with Crippen LogP contribution in [0.25, 0.3) is 0 Å². The molecule has 1 aliphatic carbocycles. The molecule has 1 fully saturated rings. The molecule has 7 nitrogen and oxygen atoms in total. The maximum atomic E-state index is 11.4. The summed E-state index contributed by atoms with van der Waals surface area (Å²) in [5, 5.41) is 23.2. The molecule has 0 bridgehead atoms. The molecule has 1 aromatic rings. The molecule has 0 atom stereocenters. The van der Waals surface area contributed by atoms with Gasteiger partial charge in [-0.2, -0.15) is 0 Å². The third-order valence-electron chi connectivity index (χ3n) is 3.89. The number of hydrogen-bond donors (Lipinski definition) is 2. The number of carboxylic acids is 1. The standard InChI is InChI=1S/C13H17N3O4/c1-9-7-14-11(6-10(9)16(19)20)15-8-13(12(17)18)4-2-3-5-13/h6-7H,2-5,8H2,1H3,(H,14,15)(H,17,18). The van der Waals surface area contributed by atoms with E-state index in [9.17, 15) is 20.0 Å². The molecule has 1 heterocycles. The van der Waals surface area contributed by atoms with Crippen molar-refractivity contribution in [3.05, 3.63) is 27.9 Å². The summed E-state index contributed by atoms with van der Waals surface area (Å²) in [6.07, 6.45) is 4.47. The zero-order chi connectivity index (χ0) is 14.8. The molecular formula is C13H17N3O4. The maximum Gasteiger partial charge on any atom is 0.311 e. The summed E-state index contributed by atoms with van der Waals surface area (Å²) in [6.45, 7) is 1.86. The summed E-state index contributed by atoms with van der Waals surface area (Å²) in [5.41, 5.74) is -0.311. The van der Waals surface area contributed by atoms with E-state index in [2.05, 4.69) is 10.3 Å². The minimum Gasteiger partial charge on any atom is -0.481 e. The number of nitro groups is 1. The average Bonchev–Trinajstić information content (AvgIpc) is 2.87. The molecule has 2 rings (SSSR count). The Labute approximate surface area is 116 Å². The molecule has 7 heteroatoms. The molecule has 20 heavy (non-hydrogen) atoms. The molecule has 1 saturated carbocycles. The predicted octanol–water partition coefficient (Wildman–Crippen LogP) is 2.36. The van der Waals surface area contributed by atoms with Gasteiger partial charge >= 0.3 is 5.97 Å². The lowest BCUT2D eigenvalue weighted by Crippen LogP contribution is -2.35. The van der Waals surface area contributed by atoms with E-state index in [0.717, 1.165) is 12.8 Å². The van der Waals surface area contributed by atoms with E-state index in [1.165, 1.54) is 12.3 Å². The second-order valence-electron chi connectivity index (χ2n) is 5.26. The molecule has 2 N–H and O–H groups in total. The van der Waals surface area contributed by atoms with Crippen LogP contribution in [0.1, 0.15) is 31.2 Å². The molecular weight excluding hydrogens is 262 g/mol. The highest BCUT2D eigenvalue weighted by Gasteiger charge is 2.41. The first kappa shape index (κ1) is 14.2. The van der Waals surface area contributed by atoms with Crippen LogP contribution in [0, 0.1) is 22.5 Å². The van der Waals surface area contributed by atoms with Crippen LogP contribution in [0.4, 0.5) is 11.5 Å². The summed E-state index contributed by atoms with van der Waals surface area (Å²) < 4.78 is 0. The molecule has 0 spiro atoms. The van der Waals surface area contributed by atoms with E-state index in [0.29, 0.717) is 24.2 Å². The number of aliphatic carboxylic acids is 1. The van der Waals surface area contributed by atoms with Crippen LogP contribution in [-0.4, -0.2) is 27.5 Å². The Bertz CT molecular complexity index is 538. The number of nitrogens with zero attached hydrogens (tertiary/aromatic N) is 2. The van der Waals surface area contributed by atoms with E-state index in [1.54, 1.807) is 6.92 Å². The first-order chi connectivity index (χ1) is 9.44. The SMILES string of the molecule is Cc1cnc(NCC2(C(=O)O)CCCC2)cc1[N+](=O)[O-]. The Morgan fingerprint density at radius 3 is 2.75 bits per heavy atom. The number of anilines is 1. The fourth-order valence-electron chi connectivity index (χ4n) is 2.58. The number of aryl methyl sites for hydroxylation is 1. The van der Waals surface area contributed by atoms with Gasteiger partial charge in [-0.15, -0.1) is 0 Å². The van der Waals surface area contributed by atoms with Crippen molar-refractivity contribution >= 4 is 17.5 Å². The van der Waals surface area contributed by atoms with E-state index in [4.69, 9.17) is 0 Å². The zero-order valence-electron chi connectivity index (χ0n) is 11.3. The molecule has 0 radical (unpaired) electrons. The summed E-state index contributed by atoms with van der Waals surface area (Å²) in [7, 11) is 0. The highest BCUT2D eigenvalue weighted by atomic mass is 16.6. The number of carbonyl (C=O) groups is 1. The minimum absolute atomic E-state index is 0.0155. The largest absolute Gasteiger partial charge is 0.481 e. The number of pyridine rings is 1. The van der Waals surface area contributed by atoms with Crippen molar-refractivity contribution in [2.75, 3.05) is 11.9 Å². The van der Waals surface area contributed by atoms with E-state index in [1.807, 2.05) is 0 Å². The molecule has 0 aromatic carbocycles. The van der Waals surface area contributed by atoms with Gasteiger partial charge < -0.3 is 10.4 Å². The molecule has 108 valence electrons. The van der Waals surface area contributed by atoms with Crippen molar-refractivity contribution in [1.29, 1.82) is 0 Å². The van der Waals surface area contributed by atoms with Gasteiger partial charge in [0.1, 0.15) is 5.82 Å². The van der Waals surface area contributed by atoms with Crippen LogP contribution in [0.2, 0.25) is 0 Å². The third kappa shape index (κ3) is 2.71. The number of hydrogen-bond acceptors (Lipinski definition) is 5. The van der Waals surface area contributed by atoms with Crippen molar-refractivity contribution < 1.29 is 14.8 Å². The minimum atomic E-state index is -0.816. The van der Waals surface area contributed by atoms with E-state index in [-0.39, 0.29) is 12.2 Å². The van der Waals surface area contributed by atoms with Gasteiger partial charge in [0, 0.05) is 18.3 Å². The van der Waals surface area contributed by atoms with Crippen LogP contribution < -0.4 is 5.32 Å². The quantitative estimate of drug-likeness (QED) is 0.633. The summed E-state index contributed by atoms with van der Waals surface area (Å²) in [4.78, 5) is 25.9. The van der Waals surface area contributed by atoms with E-state index >= 15 is 0 Å². The normalized spacial score (nSPS) is 16.9.